The summed E-state index contributed by atoms with van der Waals surface area (Å²) < 4.78 is 0. The number of H-pyrrole nitrogens is 1. The van der Waals surface area contributed by atoms with Crippen molar-refractivity contribution >= 4 is 23.2 Å². The van der Waals surface area contributed by atoms with E-state index in [0.717, 1.165) is 17.1 Å². The van der Waals surface area contributed by atoms with Crippen LogP contribution in [0.3, 0.4) is 0 Å². The molecule has 0 aliphatic heterocycles. The number of nitrogens with one attached hydrogen (secondary N) is 1. The van der Waals surface area contributed by atoms with Gasteiger partial charge < -0.3 is 4.98 Å². The first-order chi connectivity index (χ1) is 7.88. The van der Waals surface area contributed by atoms with E-state index in [1.165, 1.54) is 0 Å². The van der Waals surface area contributed by atoms with Gasteiger partial charge in [0.2, 0.25) is 0 Å². The zero-order valence-electron chi connectivity index (χ0n) is 10.0. The molecule has 2 aromatic rings. The van der Waals surface area contributed by atoms with Crippen LogP contribution in [0.5, 0.6) is 0 Å². The third-order valence-electron chi connectivity index (χ3n) is 2.52. The SMILES string of the molecule is CC(C)(C)c1ncc(-c2ccc(Cl)c(Cl)c2)[nH]1. The van der Waals surface area contributed by atoms with Gasteiger partial charge in [-0.3, -0.25) is 0 Å². The molecule has 0 unspecified atom stereocenters. The van der Waals surface area contributed by atoms with Gasteiger partial charge in [0.05, 0.1) is 21.9 Å². The van der Waals surface area contributed by atoms with Gasteiger partial charge in [-0.05, 0) is 12.1 Å². The van der Waals surface area contributed by atoms with Gasteiger partial charge in [-0.25, -0.2) is 4.98 Å². The van der Waals surface area contributed by atoms with Gasteiger partial charge in [0.15, 0.2) is 0 Å². The van der Waals surface area contributed by atoms with Crippen molar-refractivity contribution in [1.82, 2.24) is 9.97 Å². The Labute approximate surface area is 111 Å². The van der Waals surface area contributed by atoms with Crippen molar-refractivity contribution in [2.24, 2.45) is 0 Å². The number of rotatable bonds is 1. The van der Waals surface area contributed by atoms with E-state index in [-0.39, 0.29) is 5.41 Å². The number of benzene rings is 1. The average Bonchev–Trinajstić information content (AvgIpc) is 2.70. The average molecular weight is 269 g/mol. The summed E-state index contributed by atoms with van der Waals surface area (Å²) in [5.41, 5.74) is 1.95. The van der Waals surface area contributed by atoms with Crippen LogP contribution in [0.1, 0.15) is 26.6 Å². The standard InChI is InChI=1S/C13H14Cl2N2/c1-13(2,3)12-16-7-11(17-12)8-4-5-9(14)10(15)6-8/h4-7H,1-3H3,(H,16,17). The summed E-state index contributed by atoms with van der Waals surface area (Å²) in [5.74, 6) is 0.957. The number of aromatic amines is 1. The van der Waals surface area contributed by atoms with Crippen molar-refractivity contribution in [2.75, 3.05) is 0 Å². The van der Waals surface area contributed by atoms with Gasteiger partial charge in [0, 0.05) is 11.0 Å². The fourth-order valence-corrected chi connectivity index (χ4v) is 1.81. The van der Waals surface area contributed by atoms with Crippen LogP contribution in [0, 0.1) is 0 Å². The molecule has 0 aliphatic carbocycles. The highest BCUT2D eigenvalue weighted by molar-refractivity contribution is 6.42. The molecule has 0 aliphatic rings. The monoisotopic (exact) mass is 268 g/mol. The quantitative estimate of drug-likeness (QED) is 0.799. The molecule has 2 rings (SSSR count). The smallest absolute Gasteiger partial charge is 0.111 e. The van der Waals surface area contributed by atoms with Crippen LogP contribution in [0.4, 0.5) is 0 Å². The van der Waals surface area contributed by atoms with Gasteiger partial charge >= 0.3 is 0 Å². The summed E-state index contributed by atoms with van der Waals surface area (Å²) >= 11 is 11.9. The van der Waals surface area contributed by atoms with Crippen LogP contribution in [0.2, 0.25) is 10.0 Å². The molecule has 90 valence electrons. The maximum Gasteiger partial charge on any atom is 0.111 e. The topological polar surface area (TPSA) is 28.7 Å². The van der Waals surface area contributed by atoms with Gasteiger partial charge in [0.25, 0.3) is 0 Å². The number of imidazole rings is 1. The summed E-state index contributed by atoms with van der Waals surface area (Å²) in [7, 11) is 0. The molecule has 0 saturated carbocycles. The Balaban J connectivity index is 2.40. The maximum atomic E-state index is 5.99. The summed E-state index contributed by atoms with van der Waals surface area (Å²) in [6, 6.07) is 5.55. The Morgan fingerprint density at radius 2 is 1.82 bits per heavy atom. The maximum absolute atomic E-state index is 5.99. The van der Waals surface area contributed by atoms with Gasteiger partial charge in [-0.15, -0.1) is 0 Å². The molecular formula is C13H14Cl2N2. The molecule has 1 N–H and O–H groups in total. The van der Waals surface area contributed by atoms with Crippen LogP contribution in [0.15, 0.2) is 24.4 Å². The number of hydrogen-bond acceptors (Lipinski definition) is 1. The fourth-order valence-electron chi connectivity index (χ4n) is 1.51. The number of halogens is 2. The van der Waals surface area contributed by atoms with E-state index >= 15 is 0 Å². The van der Waals surface area contributed by atoms with E-state index in [4.69, 9.17) is 23.2 Å². The Kier molecular flexibility index (Phi) is 3.19. The predicted octanol–water partition coefficient (Wildman–Crippen LogP) is 4.68. The zero-order chi connectivity index (χ0) is 12.6. The van der Waals surface area contributed by atoms with Crippen LogP contribution >= 0.6 is 23.2 Å². The van der Waals surface area contributed by atoms with Crippen LogP contribution in [-0.2, 0) is 5.41 Å². The van der Waals surface area contributed by atoms with Crippen molar-refractivity contribution in [1.29, 1.82) is 0 Å². The fraction of sp³-hybridized carbons (Fsp3) is 0.308. The van der Waals surface area contributed by atoms with Crippen molar-refractivity contribution in [3.05, 3.63) is 40.3 Å². The third kappa shape index (κ3) is 2.64. The lowest BCUT2D eigenvalue weighted by molar-refractivity contribution is 0.553. The van der Waals surface area contributed by atoms with Crippen molar-refractivity contribution < 1.29 is 0 Å². The molecule has 4 heteroatoms. The molecule has 0 saturated heterocycles. The van der Waals surface area contributed by atoms with Crippen LogP contribution in [-0.4, -0.2) is 9.97 Å². The second kappa shape index (κ2) is 4.35. The largest absolute Gasteiger partial charge is 0.342 e. The Morgan fingerprint density at radius 1 is 1.12 bits per heavy atom. The Hall–Kier alpha value is -0.990. The second-order valence-electron chi connectivity index (χ2n) is 5.02. The van der Waals surface area contributed by atoms with E-state index in [9.17, 15) is 0 Å². The third-order valence-corrected chi connectivity index (χ3v) is 3.26. The van der Waals surface area contributed by atoms with E-state index in [1.54, 1.807) is 6.07 Å². The summed E-state index contributed by atoms with van der Waals surface area (Å²) in [5, 5.41) is 1.11. The molecule has 0 amide bonds. The van der Waals surface area contributed by atoms with Gasteiger partial charge in [-0.1, -0.05) is 50.0 Å². The van der Waals surface area contributed by atoms with Crippen molar-refractivity contribution in [3.8, 4) is 11.3 Å². The van der Waals surface area contributed by atoms with Crippen LogP contribution < -0.4 is 0 Å². The lowest BCUT2D eigenvalue weighted by Gasteiger charge is -2.14. The molecule has 0 radical (unpaired) electrons. The number of nitrogens with zero attached hydrogens (tertiary/aromatic N) is 1. The molecule has 0 spiro atoms. The molecular weight excluding hydrogens is 255 g/mol. The van der Waals surface area contributed by atoms with Crippen molar-refractivity contribution in [2.45, 2.75) is 26.2 Å². The minimum Gasteiger partial charge on any atom is -0.342 e. The molecule has 1 heterocycles. The molecule has 0 atom stereocenters. The second-order valence-corrected chi connectivity index (χ2v) is 5.84. The first-order valence-corrected chi connectivity index (χ1v) is 6.14. The lowest BCUT2D eigenvalue weighted by atomic mass is 9.96. The zero-order valence-corrected chi connectivity index (χ0v) is 11.5. The van der Waals surface area contributed by atoms with Gasteiger partial charge in [-0.2, -0.15) is 0 Å². The summed E-state index contributed by atoms with van der Waals surface area (Å²) in [6.45, 7) is 6.35. The minimum absolute atomic E-state index is 0.00840. The Morgan fingerprint density at radius 3 is 2.35 bits per heavy atom. The molecule has 2 nitrogen and oxygen atoms in total. The van der Waals surface area contributed by atoms with E-state index < -0.39 is 0 Å². The van der Waals surface area contributed by atoms with Crippen molar-refractivity contribution in [3.63, 3.8) is 0 Å². The van der Waals surface area contributed by atoms with Gasteiger partial charge in [0.1, 0.15) is 5.82 Å². The predicted molar refractivity (Wildman–Crippen MR) is 72.7 cm³/mol. The Bertz CT molecular complexity index is 539. The minimum atomic E-state index is 0.00840. The highest BCUT2D eigenvalue weighted by Crippen LogP contribution is 2.29. The first kappa shape index (κ1) is 12.5. The molecule has 0 fully saturated rings. The molecule has 0 bridgehead atoms. The molecule has 1 aromatic carbocycles. The van der Waals surface area contributed by atoms with Crippen LogP contribution in [0.25, 0.3) is 11.3 Å². The highest BCUT2D eigenvalue weighted by Gasteiger charge is 2.17. The van der Waals surface area contributed by atoms with E-state index in [0.29, 0.717) is 10.0 Å². The summed E-state index contributed by atoms with van der Waals surface area (Å²) in [4.78, 5) is 7.69. The normalized spacial score (nSPS) is 11.8. The molecule has 1 aromatic heterocycles. The number of aromatic nitrogens is 2. The van der Waals surface area contributed by atoms with E-state index in [1.807, 2.05) is 18.3 Å². The first-order valence-electron chi connectivity index (χ1n) is 5.39. The summed E-state index contributed by atoms with van der Waals surface area (Å²) in [6.07, 6.45) is 1.82. The molecule has 17 heavy (non-hydrogen) atoms. The number of hydrogen-bond donors (Lipinski definition) is 1. The highest BCUT2D eigenvalue weighted by atomic mass is 35.5. The lowest BCUT2D eigenvalue weighted by Crippen LogP contribution is -2.13. The van der Waals surface area contributed by atoms with E-state index in [2.05, 4.69) is 30.7 Å².